The summed E-state index contributed by atoms with van der Waals surface area (Å²) in [7, 11) is -0.341. The van der Waals surface area contributed by atoms with Gasteiger partial charge in [0.15, 0.2) is 0 Å². The quantitative estimate of drug-likeness (QED) is 0.218. The zero-order valence-corrected chi connectivity index (χ0v) is 19.4. The van der Waals surface area contributed by atoms with Gasteiger partial charge in [-0.15, -0.1) is 0 Å². The van der Waals surface area contributed by atoms with E-state index in [-0.39, 0.29) is 12.4 Å². The summed E-state index contributed by atoms with van der Waals surface area (Å²) in [6.45, 7) is 2.34. The molecule has 26 heavy (non-hydrogen) atoms. The Morgan fingerprint density at radius 3 is 2.00 bits per heavy atom. The van der Waals surface area contributed by atoms with E-state index < -0.39 is 11.6 Å². The highest BCUT2D eigenvalue weighted by atomic mass is 127. The van der Waals surface area contributed by atoms with Gasteiger partial charge < -0.3 is 0 Å². The molecule has 1 aliphatic carbocycles. The Labute approximate surface area is 173 Å². The molecule has 0 amide bonds. The highest BCUT2D eigenvalue weighted by Gasteiger charge is 2.26. The zero-order chi connectivity index (χ0) is 18.5. The van der Waals surface area contributed by atoms with Crippen molar-refractivity contribution in [1.29, 1.82) is 0 Å². The van der Waals surface area contributed by atoms with Crippen LogP contribution in [0.3, 0.4) is 0 Å². The zero-order valence-electron chi connectivity index (χ0n) is 16.1. The number of hydrogen-bond donors (Lipinski definition) is 0. The summed E-state index contributed by atoms with van der Waals surface area (Å²) in [5.74, 6) is 1.39. The van der Waals surface area contributed by atoms with Crippen molar-refractivity contribution >= 4 is 31.4 Å². The molecule has 0 unspecified atom stereocenters. The second-order valence-electron chi connectivity index (χ2n) is 8.77. The fraction of sp³-hybridized carbons (Fsp3) is 0.727. The third kappa shape index (κ3) is 5.52. The standard InChI is InChI=1S/C22H33F2ISi/c1-2-11-26-12-9-17(10-13-26)4-3-16-5-7-18(8-6-16)19-14-20(23)22(25)21(24)15-19/h14-18,26H,2-13H2,1H3/t16-,17?,18-,26?. The Bertz CT molecular complexity index is 553. The van der Waals surface area contributed by atoms with Crippen LogP contribution in [0.15, 0.2) is 12.1 Å². The first kappa shape index (κ1) is 20.8. The Kier molecular flexibility index (Phi) is 7.98. The van der Waals surface area contributed by atoms with Gasteiger partial charge in [0, 0.05) is 8.80 Å². The Hall–Kier alpha value is 0.0269. The molecule has 1 saturated carbocycles. The molecule has 1 heterocycles. The van der Waals surface area contributed by atoms with Gasteiger partial charge in [-0.1, -0.05) is 57.2 Å². The first-order chi connectivity index (χ1) is 12.6. The number of rotatable bonds is 6. The van der Waals surface area contributed by atoms with E-state index in [0.717, 1.165) is 30.2 Å². The molecular weight excluding hydrogens is 457 g/mol. The first-order valence-electron chi connectivity index (χ1n) is 10.7. The van der Waals surface area contributed by atoms with Crippen molar-refractivity contribution < 1.29 is 8.78 Å². The smallest absolute Gasteiger partial charge is 0.139 e. The third-order valence-electron chi connectivity index (χ3n) is 6.97. The van der Waals surface area contributed by atoms with Gasteiger partial charge in [-0.3, -0.25) is 0 Å². The average molecular weight is 490 g/mol. The molecule has 3 rings (SSSR count). The molecule has 4 heteroatoms. The molecule has 1 aromatic rings. The molecule has 0 bridgehead atoms. The lowest BCUT2D eigenvalue weighted by molar-refractivity contribution is 0.279. The molecule has 0 nitrogen and oxygen atoms in total. The van der Waals surface area contributed by atoms with Crippen LogP contribution in [0.25, 0.3) is 0 Å². The minimum absolute atomic E-state index is 0.122. The highest BCUT2D eigenvalue weighted by molar-refractivity contribution is 14.1. The molecule has 1 aromatic carbocycles. The fourth-order valence-corrected chi connectivity index (χ4v) is 9.16. The van der Waals surface area contributed by atoms with Crippen LogP contribution in [-0.2, 0) is 0 Å². The van der Waals surface area contributed by atoms with Crippen LogP contribution >= 0.6 is 22.6 Å². The third-order valence-corrected chi connectivity index (χ3v) is 11.7. The molecule has 0 atom stereocenters. The first-order valence-corrected chi connectivity index (χ1v) is 14.2. The van der Waals surface area contributed by atoms with Gasteiger partial charge in [0.2, 0.25) is 0 Å². The second kappa shape index (κ2) is 9.99. The molecule has 2 fully saturated rings. The van der Waals surface area contributed by atoms with Crippen LogP contribution in [0.1, 0.15) is 76.2 Å². The lowest BCUT2D eigenvalue weighted by Crippen LogP contribution is -2.22. The molecule has 0 aromatic heterocycles. The van der Waals surface area contributed by atoms with Gasteiger partial charge in [0.25, 0.3) is 0 Å². The van der Waals surface area contributed by atoms with Gasteiger partial charge in [-0.2, -0.15) is 0 Å². The molecule has 2 aliphatic rings. The van der Waals surface area contributed by atoms with Crippen molar-refractivity contribution in [3.05, 3.63) is 32.9 Å². The van der Waals surface area contributed by atoms with Crippen LogP contribution in [-0.4, -0.2) is 8.80 Å². The van der Waals surface area contributed by atoms with Gasteiger partial charge in [-0.05, 0) is 83.7 Å². The van der Waals surface area contributed by atoms with E-state index in [9.17, 15) is 8.78 Å². The van der Waals surface area contributed by atoms with Crippen molar-refractivity contribution in [2.24, 2.45) is 11.8 Å². The summed E-state index contributed by atoms with van der Waals surface area (Å²) in [5, 5.41) is 0. The molecule has 1 aliphatic heterocycles. The fourth-order valence-electron chi connectivity index (χ4n) is 5.28. The predicted molar refractivity (Wildman–Crippen MR) is 118 cm³/mol. The largest absolute Gasteiger partial charge is 0.206 e. The van der Waals surface area contributed by atoms with E-state index in [1.165, 1.54) is 44.9 Å². The average Bonchev–Trinajstić information content (AvgIpc) is 2.66. The highest BCUT2D eigenvalue weighted by Crippen LogP contribution is 2.40. The summed E-state index contributed by atoms with van der Waals surface area (Å²) >= 11 is 1.75. The summed E-state index contributed by atoms with van der Waals surface area (Å²) < 4.78 is 27.8. The van der Waals surface area contributed by atoms with Crippen molar-refractivity contribution in [2.75, 3.05) is 0 Å². The van der Waals surface area contributed by atoms with Crippen molar-refractivity contribution in [2.45, 2.75) is 88.8 Å². The van der Waals surface area contributed by atoms with Crippen LogP contribution < -0.4 is 0 Å². The molecule has 0 spiro atoms. The maximum Gasteiger partial charge on any atom is 0.139 e. The number of benzene rings is 1. The van der Waals surface area contributed by atoms with Crippen molar-refractivity contribution in [3.63, 3.8) is 0 Å². The van der Waals surface area contributed by atoms with Crippen molar-refractivity contribution in [1.82, 2.24) is 0 Å². The van der Waals surface area contributed by atoms with Crippen molar-refractivity contribution in [3.8, 4) is 0 Å². The maximum atomic E-state index is 13.8. The predicted octanol–water partition coefficient (Wildman–Crippen LogP) is 7.67. The normalized spacial score (nSPS) is 29.7. The topological polar surface area (TPSA) is 0 Å². The monoisotopic (exact) mass is 490 g/mol. The number of hydrogen-bond acceptors (Lipinski definition) is 0. The van der Waals surface area contributed by atoms with Crippen LogP contribution in [0.5, 0.6) is 0 Å². The Morgan fingerprint density at radius 2 is 1.46 bits per heavy atom. The minimum Gasteiger partial charge on any atom is -0.206 e. The molecule has 0 radical (unpaired) electrons. The summed E-state index contributed by atoms with van der Waals surface area (Å²) in [6, 6.07) is 7.88. The lowest BCUT2D eigenvalue weighted by Gasteiger charge is -2.32. The van der Waals surface area contributed by atoms with Crippen LogP contribution in [0.4, 0.5) is 8.78 Å². The van der Waals surface area contributed by atoms with Gasteiger partial charge in [-0.25, -0.2) is 8.78 Å². The van der Waals surface area contributed by atoms with E-state index in [1.807, 2.05) is 0 Å². The minimum atomic E-state index is -0.398. The van der Waals surface area contributed by atoms with E-state index in [4.69, 9.17) is 0 Å². The summed E-state index contributed by atoms with van der Waals surface area (Å²) in [6.07, 6.45) is 11.9. The Balaban J connectivity index is 1.40. The van der Waals surface area contributed by atoms with E-state index >= 15 is 0 Å². The lowest BCUT2D eigenvalue weighted by atomic mass is 9.76. The SMILES string of the molecule is CCC[SiH]1CCC(CC[C@H]2CC[C@H](c3cc(F)c(I)c(F)c3)CC2)CC1. The molecule has 146 valence electrons. The van der Waals surface area contributed by atoms with E-state index in [1.54, 1.807) is 52.9 Å². The van der Waals surface area contributed by atoms with Gasteiger partial charge in [0.05, 0.1) is 3.57 Å². The summed E-state index contributed by atoms with van der Waals surface area (Å²) in [4.78, 5) is 0. The Morgan fingerprint density at radius 1 is 0.923 bits per heavy atom. The maximum absolute atomic E-state index is 13.8. The van der Waals surface area contributed by atoms with Crippen LogP contribution in [0.2, 0.25) is 18.1 Å². The molecule has 1 saturated heterocycles. The van der Waals surface area contributed by atoms with Gasteiger partial charge >= 0.3 is 0 Å². The molecule has 0 N–H and O–H groups in total. The second-order valence-corrected chi connectivity index (χ2v) is 13.3. The van der Waals surface area contributed by atoms with E-state index in [0.29, 0.717) is 5.92 Å². The van der Waals surface area contributed by atoms with Crippen LogP contribution in [0, 0.1) is 27.0 Å². The number of halogens is 3. The summed E-state index contributed by atoms with van der Waals surface area (Å²) in [5.41, 5.74) is 0.873. The van der Waals surface area contributed by atoms with E-state index in [2.05, 4.69) is 6.92 Å². The van der Waals surface area contributed by atoms with Gasteiger partial charge in [0.1, 0.15) is 11.6 Å². The molecular formula is C22H33F2ISi.